The summed E-state index contributed by atoms with van der Waals surface area (Å²) in [6, 6.07) is 6.33. The number of anilines is 2. The molecular formula is C18H17ClF4N2O4S. The Morgan fingerprint density at radius 2 is 1.80 bits per heavy atom. The molecule has 0 aromatic heterocycles. The highest BCUT2D eigenvalue weighted by atomic mass is 35.5. The average Bonchev–Trinajstić information content (AvgIpc) is 2.61. The smallest absolute Gasteiger partial charge is 0.406 e. The van der Waals surface area contributed by atoms with Gasteiger partial charge in [-0.2, -0.15) is 0 Å². The Kier molecular flexibility index (Phi) is 7.19. The standard InChI is InChI=1S/C18H17ClF4N2O4S/c1-3-16(25(30(2,27)28)12-6-9-15(20)14(19)10-12)17(26)24-11-4-7-13(8-5-11)29-18(21,22)23/h4-10,16H,3H2,1-2H3,(H,24,26)/t16-/m0/s1. The van der Waals surface area contributed by atoms with E-state index in [1.807, 2.05) is 0 Å². The van der Waals surface area contributed by atoms with Crippen LogP contribution in [0, 0.1) is 5.82 Å². The molecule has 0 aliphatic heterocycles. The summed E-state index contributed by atoms with van der Waals surface area (Å²) < 4.78 is 79.4. The fourth-order valence-electron chi connectivity index (χ4n) is 2.65. The van der Waals surface area contributed by atoms with Crippen LogP contribution in [0.3, 0.4) is 0 Å². The third-order valence-electron chi connectivity index (χ3n) is 3.84. The summed E-state index contributed by atoms with van der Waals surface area (Å²) in [4.78, 5) is 12.7. The number of hydrogen-bond acceptors (Lipinski definition) is 4. The van der Waals surface area contributed by atoms with Gasteiger partial charge in [0.05, 0.1) is 17.0 Å². The Labute approximate surface area is 175 Å². The number of nitrogens with one attached hydrogen (secondary N) is 1. The number of nitrogens with zero attached hydrogens (tertiary/aromatic N) is 1. The summed E-state index contributed by atoms with van der Waals surface area (Å²) in [7, 11) is -3.98. The molecule has 0 spiro atoms. The maximum atomic E-state index is 13.5. The van der Waals surface area contributed by atoms with E-state index in [2.05, 4.69) is 10.1 Å². The van der Waals surface area contributed by atoms with Crippen molar-refractivity contribution in [2.24, 2.45) is 0 Å². The number of alkyl halides is 3. The van der Waals surface area contributed by atoms with Crippen molar-refractivity contribution in [2.75, 3.05) is 15.9 Å². The van der Waals surface area contributed by atoms with Crippen molar-refractivity contribution in [3.63, 3.8) is 0 Å². The Bertz CT molecular complexity index is 1010. The first kappa shape index (κ1) is 23.7. The lowest BCUT2D eigenvalue weighted by Gasteiger charge is -2.30. The monoisotopic (exact) mass is 468 g/mol. The lowest BCUT2D eigenvalue weighted by atomic mass is 10.1. The van der Waals surface area contributed by atoms with Gasteiger partial charge in [0.25, 0.3) is 0 Å². The second-order valence-corrected chi connectivity index (χ2v) is 8.41. The van der Waals surface area contributed by atoms with Crippen LogP contribution in [0.4, 0.5) is 28.9 Å². The zero-order chi connectivity index (χ0) is 22.7. The third-order valence-corrected chi connectivity index (χ3v) is 5.31. The van der Waals surface area contributed by atoms with Crippen molar-refractivity contribution in [2.45, 2.75) is 25.7 Å². The number of amides is 1. The van der Waals surface area contributed by atoms with Gasteiger partial charge in [0.15, 0.2) is 0 Å². The SMILES string of the molecule is CC[C@@H](C(=O)Nc1ccc(OC(F)(F)F)cc1)N(c1ccc(F)c(Cl)c1)S(C)(=O)=O. The summed E-state index contributed by atoms with van der Waals surface area (Å²) in [6.45, 7) is 1.56. The number of hydrogen-bond donors (Lipinski definition) is 1. The summed E-state index contributed by atoms with van der Waals surface area (Å²) in [5.41, 5.74) is 0.110. The average molecular weight is 469 g/mol. The quantitative estimate of drug-likeness (QED) is 0.604. The molecule has 0 radical (unpaired) electrons. The van der Waals surface area contributed by atoms with E-state index in [4.69, 9.17) is 11.6 Å². The Morgan fingerprint density at radius 1 is 1.20 bits per heavy atom. The highest BCUT2D eigenvalue weighted by Gasteiger charge is 2.33. The molecule has 1 atom stereocenters. The minimum atomic E-state index is -4.86. The highest BCUT2D eigenvalue weighted by Crippen LogP contribution is 2.28. The second kappa shape index (κ2) is 9.09. The van der Waals surface area contributed by atoms with Gasteiger partial charge >= 0.3 is 6.36 Å². The molecule has 0 aliphatic carbocycles. The molecule has 30 heavy (non-hydrogen) atoms. The molecule has 0 unspecified atom stereocenters. The molecule has 1 amide bonds. The predicted molar refractivity (Wildman–Crippen MR) is 105 cm³/mol. The molecule has 0 heterocycles. The number of sulfonamides is 1. The molecule has 0 bridgehead atoms. The number of benzene rings is 2. The Hall–Kier alpha value is -2.53. The molecule has 2 aromatic rings. The normalized spacial score (nSPS) is 12.9. The Balaban J connectivity index is 2.28. The van der Waals surface area contributed by atoms with Crippen LogP contribution in [0.15, 0.2) is 42.5 Å². The van der Waals surface area contributed by atoms with Gasteiger partial charge in [-0.05, 0) is 48.9 Å². The summed E-state index contributed by atoms with van der Waals surface area (Å²) >= 11 is 5.74. The zero-order valence-corrected chi connectivity index (χ0v) is 17.3. The van der Waals surface area contributed by atoms with E-state index in [1.54, 1.807) is 6.92 Å². The first-order valence-corrected chi connectivity index (χ1v) is 10.7. The van der Waals surface area contributed by atoms with Crippen LogP contribution >= 0.6 is 11.6 Å². The summed E-state index contributed by atoms with van der Waals surface area (Å²) in [6.07, 6.45) is -3.93. The lowest BCUT2D eigenvalue weighted by Crippen LogP contribution is -2.47. The molecule has 2 aromatic carbocycles. The molecule has 164 valence electrons. The van der Waals surface area contributed by atoms with Crippen LogP contribution in [0.5, 0.6) is 5.75 Å². The maximum absolute atomic E-state index is 13.5. The van der Waals surface area contributed by atoms with Crippen molar-refractivity contribution in [3.8, 4) is 5.75 Å². The van der Waals surface area contributed by atoms with Gasteiger partial charge in [-0.15, -0.1) is 13.2 Å². The summed E-state index contributed by atoms with van der Waals surface area (Å²) in [5.74, 6) is -1.98. The Morgan fingerprint density at radius 3 is 2.27 bits per heavy atom. The molecule has 0 fully saturated rings. The molecule has 0 aliphatic rings. The number of ether oxygens (including phenoxy) is 1. The van der Waals surface area contributed by atoms with Crippen LogP contribution < -0.4 is 14.4 Å². The van der Waals surface area contributed by atoms with E-state index in [1.165, 1.54) is 18.2 Å². The minimum absolute atomic E-state index is 0.0141. The fourth-order valence-corrected chi connectivity index (χ4v) is 4.03. The first-order valence-electron chi connectivity index (χ1n) is 8.43. The number of carbonyl (C=O) groups is 1. The van der Waals surface area contributed by atoms with Gasteiger partial charge in [0.1, 0.15) is 17.6 Å². The topological polar surface area (TPSA) is 75.7 Å². The van der Waals surface area contributed by atoms with Crippen LogP contribution in [0.25, 0.3) is 0 Å². The maximum Gasteiger partial charge on any atom is 0.573 e. The highest BCUT2D eigenvalue weighted by molar-refractivity contribution is 7.92. The molecule has 2 rings (SSSR count). The van der Waals surface area contributed by atoms with Crippen molar-refractivity contribution in [1.82, 2.24) is 0 Å². The van der Waals surface area contributed by atoms with Crippen LogP contribution in [0.1, 0.15) is 13.3 Å². The number of carbonyl (C=O) groups excluding carboxylic acids is 1. The zero-order valence-electron chi connectivity index (χ0n) is 15.7. The van der Waals surface area contributed by atoms with E-state index in [0.29, 0.717) is 0 Å². The van der Waals surface area contributed by atoms with E-state index >= 15 is 0 Å². The van der Waals surface area contributed by atoms with Crippen molar-refractivity contribution in [1.29, 1.82) is 0 Å². The van der Waals surface area contributed by atoms with Gasteiger partial charge in [-0.1, -0.05) is 18.5 Å². The fraction of sp³-hybridized carbons (Fsp3) is 0.278. The van der Waals surface area contributed by atoms with E-state index in [9.17, 15) is 30.8 Å². The number of rotatable bonds is 7. The second-order valence-electron chi connectivity index (χ2n) is 6.14. The van der Waals surface area contributed by atoms with E-state index < -0.39 is 39.9 Å². The van der Waals surface area contributed by atoms with Crippen molar-refractivity contribution in [3.05, 3.63) is 53.3 Å². The van der Waals surface area contributed by atoms with Crippen LogP contribution in [-0.2, 0) is 14.8 Å². The third kappa shape index (κ3) is 6.23. The van der Waals surface area contributed by atoms with Gasteiger partial charge < -0.3 is 10.1 Å². The van der Waals surface area contributed by atoms with Crippen molar-refractivity contribution < 1.29 is 35.5 Å². The predicted octanol–water partition coefficient (Wildman–Crippen LogP) is 4.56. The number of halogens is 5. The summed E-state index contributed by atoms with van der Waals surface area (Å²) in [5, 5.41) is 2.12. The van der Waals surface area contributed by atoms with Crippen LogP contribution in [0.2, 0.25) is 5.02 Å². The van der Waals surface area contributed by atoms with E-state index in [0.717, 1.165) is 34.8 Å². The van der Waals surface area contributed by atoms with Gasteiger partial charge in [0.2, 0.25) is 15.9 Å². The largest absolute Gasteiger partial charge is 0.573 e. The van der Waals surface area contributed by atoms with Gasteiger partial charge in [-0.3, -0.25) is 9.10 Å². The van der Waals surface area contributed by atoms with Gasteiger partial charge in [0, 0.05) is 5.69 Å². The van der Waals surface area contributed by atoms with Gasteiger partial charge in [-0.25, -0.2) is 12.8 Å². The molecule has 0 saturated carbocycles. The van der Waals surface area contributed by atoms with Crippen LogP contribution in [-0.4, -0.2) is 33.0 Å². The first-order chi connectivity index (χ1) is 13.8. The molecule has 1 N–H and O–H groups in total. The molecule has 0 saturated heterocycles. The molecule has 12 heteroatoms. The lowest BCUT2D eigenvalue weighted by molar-refractivity contribution is -0.274. The van der Waals surface area contributed by atoms with E-state index in [-0.39, 0.29) is 22.8 Å². The molecular weight excluding hydrogens is 452 g/mol. The minimum Gasteiger partial charge on any atom is -0.406 e. The van der Waals surface area contributed by atoms with Crippen molar-refractivity contribution >= 4 is 38.9 Å². The molecule has 6 nitrogen and oxygen atoms in total.